The normalized spacial score (nSPS) is 21.4. The van der Waals surface area contributed by atoms with E-state index in [1.165, 1.54) is 24.2 Å². The minimum absolute atomic E-state index is 0.0457. The molecule has 1 saturated heterocycles. The molecule has 1 amide bonds. The van der Waals surface area contributed by atoms with Crippen molar-refractivity contribution in [3.63, 3.8) is 0 Å². The van der Waals surface area contributed by atoms with E-state index in [1.807, 2.05) is 12.1 Å². The number of carbonyl (C=O) groups excluding carboxylic acids is 1. The minimum Gasteiger partial charge on any atom is -0.347 e. The first-order valence-corrected chi connectivity index (χ1v) is 7.13. The second-order valence-electron chi connectivity index (χ2n) is 3.97. The molecule has 1 aromatic heterocycles. The van der Waals surface area contributed by atoms with Crippen LogP contribution in [0.1, 0.15) is 28.9 Å². The van der Waals surface area contributed by atoms with Crippen LogP contribution in [0.3, 0.4) is 0 Å². The van der Waals surface area contributed by atoms with Crippen molar-refractivity contribution in [2.75, 3.05) is 13.1 Å². The van der Waals surface area contributed by atoms with Crippen LogP contribution in [0.25, 0.3) is 0 Å². The lowest BCUT2D eigenvalue weighted by molar-refractivity contribution is 0.0939. The van der Waals surface area contributed by atoms with Crippen LogP contribution < -0.4 is 10.6 Å². The predicted octanol–water partition coefficient (Wildman–Crippen LogP) is 2.38. The smallest absolute Gasteiger partial charge is 0.261 e. The molecule has 2 N–H and O–H groups in total. The van der Waals surface area contributed by atoms with Crippen LogP contribution in [-0.4, -0.2) is 25.0 Å². The Balaban J connectivity index is 1.90. The van der Waals surface area contributed by atoms with Crippen LogP contribution in [0.15, 0.2) is 15.9 Å². The molecule has 16 heavy (non-hydrogen) atoms. The van der Waals surface area contributed by atoms with Gasteiger partial charge in [-0.3, -0.25) is 4.79 Å². The zero-order valence-corrected chi connectivity index (χ0v) is 11.4. The van der Waals surface area contributed by atoms with E-state index in [0.29, 0.717) is 0 Å². The summed E-state index contributed by atoms with van der Waals surface area (Å²) in [5, 5.41) is 6.42. The van der Waals surface area contributed by atoms with Crippen LogP contribution in [-0.2, 0) is 0 Å². The maximum atomic E-state index is 11.9. The van der Waals surface area contributed by atoms with Gasteiger partial charge in [-0.05, 0) is 47.4 Å². The average molecular weight is 303 g/mol. The van der Waals surface area contributed by atoms with Gasteiger partial charge in [0.1, 0.15) is 0 Å². The van der Waals surface area contributed by atoms with Crippen molar-refractivity contribution in [2.45, 2.75) is 25.3 Å². The van der Waals surface area contributed by atoms with Crippen molar-refractivity contribution in [3.05, 3.63) is 20.8 Å². The Morgan fingerprint density at radius 2 is 2.38 bits per heavy atom. The molecular weight excluding hydrogens is 288 g/mol. The summed E-state index contributed by atoms with van der Waals surface area (Å²) in [7, 11) is 0. The molecule has 0 aliphatic carbocycles. The molecule has 2 heterocycles. The van der Waals surface area contributed by atoms with Gasteiger partial charge in [0, 0.05) is 12.6 Å². The number of hydrogen-bond donors (Lipinski definition) is 2. The van der Waals surface area contributed by atoms with Gasteiger partial charge < -0.3 is 10.6 Å². The molecule has 0 saturated carbocycles. The summed E-state index contributed by atoms with van der Waals surface area (Å²) in [5.41, 5.74) is 0. The molecule has 0 aromatic carbocycles. The summed E-state index contributed by atoms with van der Waals surface area (Å²) in [6.07, 6.45) is 3.47. The summed E-state index contributed by atoms with van der Waals surface area (Å²) in [5.74, 6) is 0.0457. The maximum absolute atomic E-state index is 11.9. The lowest BCUT2D eigenvalue weighted by Gasteiger charge is -2.15. The van der Waals surface area contributed by atoms with E-state index in [9.17, 15) is 4.79 Å². The van der Waals surface area contributed by atoms with Gasteiger partial charge in [0.05, 0.1) is 8.66 Å². The van der Waals surface area contributed by atoms with Crippen LogP contribution in [0.4, 0.5) is 0 Å². The molecule has 1 aliphatic rings. The number of hydrogen-bond acceptors (Lipinski definition) is 3. The highest BCUT2D eigenvalue weighted by molar-refractivity contribution is 9.11. The van der Waals surface area contributed by atoms with Gasteiger partial charge >= 0.3 is 0 Å². The number of nitrogens with one attached hydrogen (secondary N) is 2. The van der Waals surface area contributed by atoms with E-state index >= 15 is 0 Å². The van der Waals surface area contributed by atoms with E-state index in [-0.39, 0.29) is 11.9 Å². The summed E-state index contributed by atoms with van der Waals surface area (Å²) in [6.45, 7) is 1.95. The molecule has 1 fully saturated rings. The van der Waals surface area contributed by atoms with Gasteiger partial charge in [0.2, 0.25) is 0 Å². The second-order valence-corrected chi connectivity index (χ2v) is 6.44. The third-order valence-electron chi connectivity index (χ3n) is 2.68. The third-order valence-corrected chi connectivity index (χ3v) is 4.30. The zero-order valence-electron chi connectivity index (χ0n) is 8.96. The zero-order chi connectivity index (χ0) is 11.4. The molecule has 3 nitrogen and oxygen atoms in total. The lowest BCUT2D eigenvalue weighted by Crippen LogP contribution is -2.40. The van der Waals surface area contributed by atoms with Crippen LogP contribution in [0, 0.1) is 0 Å². The minimum atomic E-state index is 0.0457. The molecule has 1 aromatic rings. The summed E-state index contributed by atoms with van der Waals surface area (Å²) in [6, 6.07) is 4.04. The Morgan fingerprint density at radius 1 is 1.50 bits per heavy atom. The van der Waals surface area contributed by atoms with Crippen molar-refractivity contribution >= 4 is 33.2 Å². The van der Waals surface area contributed by atoms with Gasteiger partial charge in [0.15, 0.2) is 0 Å². The van der Waals surface area contributed by atoms with Crippen molar-refractivity contribution in [3.8, 4) is 0 Å². The second kappa shape index (κ2) is 5.80. The molecule has 0 radical (unpaired) electrons. The Hall–Kier alpha value is -0.390. The molecule has 5 heteroatoms. The fourth-order valence-electron chi connectivity index (χ4n) is 1.84. The van der Waals surface area contributed by atoms with Gasteiger partial charge in [-0.1, -0.05) is 6.42 Å². The fourth-order valence-corrected chi connectivity index (χ4v) is 3.12. The summed E-state index contributed by atoms with van der Waals surface area (Å²) >= 11 is 4.84. The number of rotatable bonds is 2. The summed E-state index contributed by atoms with van der Waals surface area (Å²) < 4.78 is 0.997. The number of thiophene rings is 1. The van der Waals surface area contributed by atoms with Crippen molar-refractivity contribution < 1.29 is 4.79 Å². The van der Waals surface area contributed by atoms with Gasteiger partial charge in [-0.25, -0.2) is 0 Å². The third kappa shape index (κ3) is 3.30. The molecule has 1 aliphatic heterocycles. The molecule has 0 spiro atoms. The van der Waals surface area contributed by atoms with Crippen LogP contribution >= 0.6 is 27.3 Å². The quantitative estimate of drug-likeness (QED) is 0.881. The molecule has 88 valence electrons. The van der Waals surface area contributed by atoms with Crippen molar-refractivity contribution in [2.24, 2.45) is 0 Å². The van der Waals surface area contributed by atoms with E-state index in [0.717, 1.165) is 28.2 Å². The highest BCUT2D eigenvalue weighted by atomic mass is 79.9. The predicted molar refractivity (Wildman–Crippen MR) is 70.0 cm³/mol. The van der Waals surface area contributed by atoms with Gasteiger partial charge in [0.25, 0.3) is 5.91 Å². The van der Waals surface area contributed by atoms with E-state index in [4.69, 9.17) is 0 Å². The Labute approximate surface area is 108 Å². The molecule has 1 atom stereocenters. The Bertz CT molecular complexity index is 359. The van der Waals surface area contributed by atoms with Crippen molar-refractivity contribution in [1.82, 2.24) is 10.6 Å². The highest BCUT2D eigenvalue weighted by Crippen LogP contribution is 2.22. The molecular formula is C11H15BrN2OS. The van der Waals surface area contributed by atoms with Gasteiger partial charge in [-0.15, -0.1) is 11.3 Å². The SMILES string of the molecule is O=C(NC1CCCCNC1)c1ccc(Br)s1. The maximum Gasteiger partial charge on any atom is 0.261 e. The fraction of sp³-hybridized carbons (Fsp3) is 0.545. The largest absolute Gasteiger partial charge is 0.347 e. The Morgan fingerprint density at radius 3 is 3.12 bits per heavy atom. The van der Waals surface area contributed by atoms with E-state index in [1.54, 1.807) is 0 Å². The first kappa shape index (κ1) is 12.1. The average Bonchev–Trinajstić information content (AvgIpc) is 2.54. The topological polar surface area (TPSA) is 41.1 Å². The van der Waals surface area contributed by atoms with Crippen molar-refractivity contribution in [1.29, 1.82) is 0 Å². The highest BCUT2D eigenvalue weighted by Gasteiger charge is 2.16. The van der Waals surface area contributed by atoms with Gasteiger partial charge in [-0.2, -0.15) is 0 Å². The standard InChI is InChI=1S/C11H15BrN2OS/c12-10-5-4-9(16-10)11(15)14-8-3-1-2-6-13-7-8/h4-5,8,13H,1-3,6-7H2,(H,14,15). The van der Waals surface area contributed by atoms with Crippen LogP contribution in [0.2, 0.25) is 0 Å². The Kier molecular flexibility index (Phi) is 4.37. The molecule has 0 bridgehead atoms. The number of amides is 1. The number of carbonyl (C=O) groups is 1. The lowest BCUT2D eigenvalue weighted by atomic mass is 10.1. The first-order chi connectivity index (χ1) is 7.75. The van der Waals surface area contributed by atoms with E-state index < -0.39 is 0 Å². The molecule has 1 unspecified atom stereocenters. The van der Waals surface area contributed by atoms with E-state index in [2.05, 4.69) is 26.6 Å². The summed E-state index contributed by atoms with van der Waals surface area (Å²) in [4.78, 5) is 12.7. The molecule has 2 rings (SSSR count). The van der Waals surface area contributed by atoms with Crippen LogP contribution in [0.5, 0.6) is 0 Å². The first-order valence-electron chi connectivity index (χ1n) is 5.52. The monoisotopic (exact) mass is 302 g/mol. The number of halogens is 1.